The molecule has 0 unspecified atom stereocenters. The smallest absolute Gasteiger partial charge is 0.161 e. The summed E-state index contributed by atoms with van der Waals surface area (Å²) in [6, 6.07) is 6.22. The van der Waals surface area contributed by atoms with Gasteiger partial charge in [-0.15, -0.1) is 0 Å². The van der Waals surface area contributed by atoms with Crippen molar-refractivity contribution in [3.05, 3.63) is 23.8 Å². The molecule has 1 aromatic rings. The van der Waals surface area contributed by atoms with Crippen LogP contribution in [0.25, 0.3) is 0 Å². The van der Waals surface area contributed by atoms with Gasteiger partial charge in [0, 0.05) is 33.4 Å². The van der Waals surface area contributed by atoms with E-state index in [4.69, 9.17) is 18.9 Å². The molecule has 1 aromatic carbocycles. The molecule has 0 saturated carbocycles. The van der Waals surface area contributed by atoms with Crippen LogP contribution in [-0.2, 0) is 16.0 Å². The number of ether oxygens (including phenoxy) is 4. The van der Waals surface area contributed by atoms with Crippen molar-refractivity contribution in [1.29, 1.82) is 0 Å². The maximum Gasteiger partial charge on any atom is 0.161 e. The molecule has 0 bridgehead atoms. The lowest BCUT2D eigenvalue weighted by Crippen LogP contribution is -2.42. The van der Waals surface area contributed by atoms with Crippen molar-refractivity contribution < 1.29 is 18.9 Å². The van der Waals surface area contributed by atoms with Gasteiger partial charge in [0.05, 0.1) is 12.7 Å². The SMILES string of the molecule is COCC[C@@H]1CN(Cc2ccc3c(c2)OCCO3)CCO1. The normalized spacial score (nSPS) is 22.2. The van der Waals surface area contributed by atoms with Crippen molar-refractivity contribution in [2.75, 3.05) is 46.6 Å². The van der Waals surface area contributed by atoms with Crippen LogP contribution in [0.3, 0.4) is 0 Å². The van der Waals surface area contributed by atoms with Crippen LogP contribution in [0.2, 0.25) is 0 Å². The molecule has 21 heavy (non-hydrogen) atoms. The van der Waals surface area contributed by atoms with Gasteiger partial charge in [0.2, 0.25) is 0 Å². The zero-order valence-electron chi connectivity index (χ0n) is 12.5. The van der Waals surface area contributed by atoms with E-state index >= 15 is 0 Å². The van der Waals surface area contributed by atoms with E-state index in [2.05, 4.69) is 17.0 Å². The number of rotatable bonds is 5. The Labute approximate surface area is 125 Å². The van der Waals surface area contributed by atoms with Crippen LogP contribution in [0.5, 0.6) is 11.5 Å². The molecule has 2 aliphatic heterocycles. The Bertz CT molecular complexity index is 466. The van der Waals surface area contributed by atoms with Crippen molar-refractivity contribution >= 4 is 0 Å². The van der Waals surface area contributed by atoms with Crippen molar-refractivity contribution in [3.63, 3.8) is 0 Å². The van der Waals surface area contributed by atoms with Crippen molar-refractivity contribution in [2.24, 2.45) is 0 Å². The van der Waals surface area contributed by atoms with Crippen LogP contribution in [-0.4, -0.2) is 57.6 Å². The third-order valence-corrected chi connectivity index (χ3v) is 3.88. The predicted octanol–water partition coefficient (Wildman–Crippen LogP) is 1.70. The zero-order valence-corrected chi connectivity index (χ0v) is 12.5. The Morgan fingerprint density at radius 1 is 1.19 bits per heavy atom. The van der Waals surface area contributed by atoms with Crippen molar-refractivity contribution in [2.45, 2.75) is 19.1 Å². The molecular weight excluding hydrogens is 270 g/mol. The molecule has 1 atom stereocenters. The number of methoxy groups -OCH3 is 1. The molecule has 0 radical (unpaired) electrons. The Hall–Kier alpha value is -1.30. The van der Waals surface area contributed by atoms with Gasteiger partial charge in [0.1, 0.15) is 13.2 Å². The third kappa shape index (κ3) is 3.87. The highest BCUT2D eigenvalue weighted by molar-refractivity contribution is 5.43. The molecule has 3 rings (SSSR count). The predicted molar refractivity (Wildman–Crippen MR) is 78.9 cm³/mol. The van der Waals surface area contributed by atoms with E-state index in [0.717, 1.165) is 50.8 Å². The Morgan fingerprint density at radius 2 is 2.05 bits per heavy atom. The average Bonchev–Trinajstić information content (AvgIpc) is 2.53. The summed E-state index contributed by atoms with van der Waals surface area (Å²) >= 11 is 0. The molecule has 5 heteroatoms. The monoisotopic (exact) mass is 293 g/mol. The second-order valence-electron chi connectivity index (χ2n) is 5.49. The van der Waals surface area contributed by atoms with E-state index in [1.54, 1.807) is 7.11 Å². The molecule has 2 heterocycles. The van der Waals surface area contributed by atoms with E-state index in [1.807, 2.05) is 6.07 Å². The summed E-state index contributed by atoms with van der Waals surface area (Å²) in [5.41, 5.74) is 1.26. The molecule has 0 amide bonds. The van der Waals surface area contributed by atoms with E-state index in [1.165, 1.54) is 5.56 Å². The van der Waals surface area contributed by atoms with Gasteiger partial charge >= 0.3 is 0 Å². The Kier molecular flexibility index (Phi) is 4.95. The number of fused-ring (bicyclic) bond motifs is 1. The molecule has 0 aromatic heterocycles. The molecule has 1 fully saturated rings. The number of nitrogens with zero attached hydrogens (tertiary/aromatic N) is 1. The molecule has 0 aliphatic carbocycles. The first kappa shape index (κ1) is 14.6. The summed E-state index contributed by atoms with van der Waals surface area (Å²) in [4.78, 5) is 2.43. The summed E-state index contributed by atoms with van der Waals surface area (Å²) in [7, 11) is 1.73. The van der Waals surface area contributed by atoms with Gasteiger partial charge in [-0.3, -0.25) is 4.90 Å². The molecule has 5 nitrogen and oxygen atoms in total. The lowest BCUT2D eigenvalue weighted by molar-refractivity contribution is -0.0432. The molecule has 116 valence electrons. The van der Waals surface area contributed by atoms with Gasteiger partial charge in [-0.1, -0.05) is 6.07 Å². The first-order valence-electron chi connectivity index (χ1n) is 7.56. The second-order valence-corrected chi connectivity index (χ2v) is 5.49. The minimum Gasteiger partial charge on any atom is -0.486 e. The van der Waals surface area contributed by atoms with Crippen LogP contribution >= 0.6 is 0 Å². The van der Waals surface area contributed by atoms with Gasteiger partial charge in [-0.25, -0.2) is 0 Å². The van der Waals surface area contributed by atoms with Crippen LogP contribution < -0.4 is 9.47 Å². The summed E-state index contributed by atoms with van der Waals surface area (Å²) in [5, 5.41) is 0. The minimum atomic E-state index is 0.274. The number of hydrogen-bond donors (Lipinski definition) is 0. The van der Waals surface area contributed by atoms with E-state index in [-0.39, 0.29) is 6.10 Å². The van der Waals surface area contributed by atoms with Gasteiger partial charge in [0.15, 0.2) is 11.5 Å². The summed E-state index contributed by atoms with van der Waals surface area (Å²) < 4.78 is 22.1. The van der Waals surface area contributed by atoms with Crippen molar-refractivity contribution in [3.8, 4) is 11.5 Å². The average molecular weight is 293 g/mol. The third-order valence-electron chi connectivity index (χ3n) is 3.88. The molecule has 2 aliphatic rings. The first-order valence-corrected chi connectivity index (χ1v) is 7.56. The number of morpholine rings is 1. The van der Waals surface area contributed by atoms with Gasteiger partial charge in [-0.2, -0.15) is 0 Å². The second kappa shape index (κ2) is 7.11. The van der Waals surface area contributed by atoms with Crippen LogP contribution in [0.15, 0.2) is 18.2 Å². The zero-order chi connectivity index (χ0) is 14.5. The highest BCUT2D eigenvalue weighted by Crippen LogP contribution is 2.31. The topological polar surface area (TPSA) is 40.2 Å². The van der Waals surface area contributed by atoms with Crippen LogP contribution in [0.1, 0.15) is 12.0 Å². The number of benzene rings is 1. The summed E-state index contributed by atoms with van der Waals surface area (Å²) in [6.07, 6.45) is 1.23. The molecule has 0 N–H and O–H groups in total. The maximum atomic E-state index is 5.77. The fourth-order valence-corrected chi connectivity index (χ4v) is 2.79. The van der Waals surface area contributed by atoms with E-state index < -0.39 is 0 Å². The van der Waals surface area contributed by atoms with E-state index in [9.17, 15) is 0 Å². The van der Waals surface area contributed by atoms with Crippen LogP contribution in [0.4, 0.5) is 0 Å². The summed E-state index contributed by atoms with van der Waals surface area (Å²) in [5.74, 6) is 1.72. The molecule has 0 spiro atoms. The largest absolute Gasteiger partial charge is 0.486 e. The molecular formula is C16H23NO4. The highest BCUT2D eigenvalue weighted by Gasteiger charge is 2.21. The Balaban J connectivity index is 1.58. The van der Waals surface area contributed by atoms with Crippen LogP contribution in [0, 0.1) is 0 Å². The fourth-order valence-electron chi connectivity index (χ4n) is 2.79. The van der Waals surface area contributed by atoms with E-state index in [0.29, 0.717) is 13.2 Å². The number of hydrogen-bond acceptors (Lipinski definition) is 5. The van der Waals surface area contributed by atoms with Gasteiger partial charge in [-0.05, 0) is 24.1 Å². The van der Waals surface area contributed by atoms with Gasteiger partial charge < -0.3 is 18.9 Å². The highest BCUT2D eigenvalue weighted by atomic mass is 16.6. The summed E-state index contributed by atoms with van der Waals surface area (Å²) in [6.45, 7) is 5.66. The first-order chi connectivity index (χ1) is 10.3. The lowest BCUT2D eigenvalue weighted by Gasteiger charge is -2.33. The van der Waals surface area contributed by atoms with Gasteiger partial charge in [0.25, 0.3) is 0 Å². The lowest BCUT2D eigenvalue weighted by atomic mass is 10.1. The minimum absolute atomic E-state index is 0.274. The maximum absolute atomic E-state index is 5.77. The standard InChI is InChI=1S/C16H23NO4/c1-18-6-4-14-12-17(5-7-19-14)11-13-2-3-15-16(10-13)21-9-8-20-15/h2-3,10,14H,4-9,11-12H2,1H3/t14-/m1/s1. The fraction of sp³-hybridized carbons (Fsp3) is 0.625. The quantitative estimate of drug-likeness (QED) is 0.826. The van der Waals surface area contributed by atoms with Crippen molar-refractivity contribution in [1.82, 2.24) is 4.90 Å². The Morgan fingerprint density at radius 3 is 2.90 bits per heavy atom. The molecule has 1 saturated heterocycles.